The van der Waals surface area contributed by atoms with E-state index in [0.29, 0.717) is 0 Å². The van der Waals surface area contributed by atoms with E-state index in [-0.39, 0.29) is 0 Å². The van der Waals surface area contributed by atoms with Gasteiger partial charge in [-0.05, 0) is 0 Å². The fourth-order valence-corrected chi connectivity index (χ4v) is 0. The van der Waals surface area contributed by atoms with Gasteiger partial charge >= 0.3 is 0 Å². The number of hydrogen-bond acceptors (Lipinski definition) is 0. The SMILES string of the molecule is C[Si](P)Cl. The molecule has 0 saturated carbocycles. The van der Waals surface area contributed by atoms with Crippen molar-refractivity contribution >= 4 is 27.6 Å². The zero-order valence-corrected chi connectivity index (χ0v) is 5.37. The highest BCUT2D eigenvalue weighted by atomic mass is 35.6. The average molecular weight is 112 g/mol. The Balaban J connectivity index is 2.32. The van der Waals surface area contributed by atoms with Crippen LogP contribution in [0.15, 0.2) is 0 Å². The first-order chi connectivity index (χ1) is 1.73. The summed E-state index contributed by atoms with van der Waals surface area (Å²) in [5.41, 5.74) is 0. The Morgan fingerprint density at radius 1 is 2.00 bits per heavy atom. The molecule has 0 nitrogen and oxygen atoms in total. The minimum Gasteiger partial charge on any atom is -0.163 e. The van der Waals surface area contributed by atoms with Gasteiger partial charge in [-0.3, -0.25) is 0 Å². The Bertz CT molecular complexity index is 12.8. The van der Waals surface area contributed by atoms with E-state index in [9.17, 15) is 0 Å². The van der Waals surface area contributed by atoms with Crippen molar-refractivity contribution in [2.75, 3.05) is 0 Å². The molecule has 25 valence electrons. The third-order valence-corrected chi connectivity index (χ3v) is 0. The summed E-state index contributed by atoms with van der Waals surface area (Å²) in [6, 6.07) is 0. The maximum atomic E-state index is 5.34. The summed E-state index contributed by atoms with van der Waals surface area (Å²) in [4.78, 5) is 0. The van der Waals surface area contributed by atoms with Gasteiger partial charge in [-0.25, -0.2) is 0 Å². The van der Waals surface area contributed by atoms with Gasteiger partial charge < -0.3 is 0 Å². The molecule has 1 unspecified atom stereocenters. The van der Waals surface area contributed by atoms with Gasteiger partial charge in [0.05, 0.1) is 0 Å². The molecule has 0 aliphatic carbocycles. The van der Waals surface area contributed by atoms with Crippen LogP contribution < -0.4 is 0 Å². The number of rotatable bonds is 0. The van der Waals surface area contributed by atoms with Crippen molar-refractivity contribution in [1.82, 2.24) is 0 Å². The van der Waals surface area contributed by atoms with Gasteiger partial charge in [0.15, 0.2) is 7.77 Å². The van der Waals surface area contributed by atoms with E-state index in [1.54, 1.807) is 0 Å². The molecular formula is CH5ClPSi. The predicted octanol–water partition coefficient (Wildman–Crippen LogP) is 1.22. The van der Waals surface area contributed by atoms with Gasteiger partial charge in [0.2, 0.25) is 0 Å². The van der Waals surface area contributed by atoms with Crippen LogP contribution in [-0.4, -0.2) is 7.77 Å². The summed E-state index contributed by atoms with van der Waals surface area (Å²) in [6.45, 7) is 2.00. The average Bonchev–Trinajstić information content (AvgIpc) is 0.811. The zero-order valence-electron chi connectivity index (χ0n) is 2.46. The zero-order chi connectivity index (χ0) is 3.58. The van der Waals surface area contributed by atoms with Crippen molar-refractivity contribution in [2.45, 2.75) is 6.55 Å². The normalized spacial score (nSPS) is 9.00. The minimum absolute atomic E-state index is 0.491. The quantitative estimate of drug-likeness (QED) is 0.251. The molecule has 0 aliphatic rings. The van der Waals surface area contributed by atoms with Gasteiger partial charge in [0.1, 0.15) is 0 Å². The summed E-state index contributed by atoms with van der Waals surface area (Å²) >= 11 is 5.34. The van der Waals surface area contributed by atoms with Crippen LogP contribution in [0.5, 0.6) is 0 Å². The van der Waals surface area contributed by atoms with Crippen LogP contribution in [0, 0.1) is 0 Å². The third-order valence-electron chi connectivity index (χ3n) is 0. The lowest BCUT2D eigenvalue weighted by atomic mass is 11.9. The lowest BCUT2D eigenvalue weighted by Crippen LogP contribution is -1.71. The molecule has 0 aromatic heterocycles. The Hall–Kier alpha value is 0.937. The van der Waals surface area contributed by atoms with Crippen LogP contribution in [0.1, 0.15) is 0 Å². The Morgan fingerprint density at radius 2 is 2.00 bits per heavy atom. The van der Waals surface area contributed by atoms with Gasteiger partial charge in [0, 0.05) is 0 Å². The molecule has 0 saturated heterocycles. The van der Waals surface area contributed by atoms with Crippen LogP contribution in [0.2, 0.25) is 6.55 Å². The van der Waals surface area contributed by atoms with Crippen molar-refractivity contribution < 1.29 is 0 Å². The highest BCUT2D eigenvalue weighted by Gasteiger charge is 1.77. The highest BCUT2D eigenvalue weighted by molar-refractivity contribution is 7.73. The summed E-state index contributed by atoms with van der Waals surface area (Å²) in [5.74, 6) is 0. The molecule has 0 aromatic rings. The van der Waals surface area contributed by atoms with Crippen LogP contribution in [0.4, 0.5) is 0 Å². The molecule has 0 heterocycles. The monoisotopic (exact) mass is 111 g/mol. The second-order valence-corrected chi connectivity index (χ2v) is 7.24. The highest BCUT2D eigenvalue weighted by Crippen LogP contribution is 1.94. The summed E-state index contributed by atoms with van der Waals surface area (Å²) in [6.07, 6.45) is 0. The molecule has 4 heavy (non-hydrogen) atoms. The van der Waals surface area contributed by atoms with Crippen molar-refractivity contribution in [1.29, 1.82) is 0 Å². The molecule has 0 spiro atoms. The molecule has 0 bridgehead atoms. The Morgan fingerprint density at radius 3 is 2.00 bits per heavy atom. The Kier molecular flexibility index (Phi) is 2.70. The molecule has 0 fully saturated rings. The molecule has 0 N–H and O–H groups in total. The van der Waals surface area contributed by atoms with Crippen LogP contribution in [0.3, 0.4) is 0 Å². The number of halogens is 1. The molecule has 1 radical (unpaired) electrons. The lowest BCUT2D eigenvalue weighted by Gasteiger charge is -1.70. The molecule has 3 heteroatoms. The molecule has 0 aliphatic heterocycles. The largest absolute Gasteiger partial charge is 0.185 e. The number of hydrogen-bond donors (Lipinski definition) is 0. The van der Waals surface area contributed by atoms with Gasteiger partial charge in [-0.15, -0.1) is 8.79 Å². The lowest BCUT2D eigenvalue weighted by molar-refractivity contribution is 2.35. The summed E-state index contributed by atoms with van der Waals surface area (Å²) in [7, 11) is 2.03. The standard InChI is InChI=1S/CH5ClPSi/c1-4(2)3/h3H2,1H3. The second kappa shape index (κ2) is 2.19. The van der Waals surface area contributed by atoms with E-state index >= 15 is 0 Å². The van der Waals surface area contributed by atoms with Crippen molar-refractivity contribution in [3.63, 3.8) is 0 Å². The maximum Gasteiger partial charge on any atom is 0.185 e. The Labute approximate surface area is 34.9 Å². The first-order valence-corrected chi connectivity index (χ1v) is 5.80. The van der Waals surface area contributed by atoms with Crippen LogP contribution >= 0.6 is 19.9 Å². The second-order valence-electron chi connectivity index (χ2n) is 0.587. The van der Waals surface area contributed by atoms with Gasteiger partial charge in [-0.1, -0.05) is 6.55 Å². The van der Waals surface area contributed by atoms with Crippen molar-refractivity contribution in [3.8, 4) is 0 Å². The molecule has 0 aromatic carbocycles. The summed E-state index contributed by atoms with van der Waals surface area (Å²) in [5, 5.41) is 0. The smallest absolute Gasteiger partial charge is 0.163 e. The topological polar surface area (TPSA) is 0 Å². The maximum absolute atomic E-state index is 5.34. The van der Waals surface area contributed by atoms with Crippen molar-refractivity contribution in [3.05, 3.63) is 0 Å². The van der Waals surface area contributed by atoms with E-state index in [2.05, 4.69) is 8.79 Å². The van der Waals surface area contributed by atoms with E-state index < -0.39 is 7.77 Å². The fourth-order valence-electron chi connectivity index (χ4n) is 0. The first kappa shape index (κ1) is 4.94. The summed E-state index contributed by atoms with van der Waals surface area (Å²) < 4.78 is 0. The third kappa shape index (κ3) is 12.6. The van der Waals surface area contributed by atoms with E-state index in [0.717, 1.165) is 0 Å². The minimum atomic E-state index is -0.491. The van der Waals surface area contributed by atoms with Gasteiger partial charge in [-0.2, -0.15) is 11.1 Å². The predicted molar refractivity (Wildman–Crippen MR) is 27.2 cm³/mol. The molecule has 0 amide bonds. The molecule has 0 rings (SSSR count). The van der Waals surface area contributed by atoms with E-state index in [4.69, 9.17) is 11.1 Å². The fraction of sp³-hybridized carbons (Fsp3) is 1.00. The van der Waals surface area contributed by atoms with Gasteiger partial charge in [0.25, 0.3) is 0 Å². The van der Waals surface area contributed by atoms with E-state index in [1.807, 2.05) is 6.55 Å². The molecule has 1 atom stereocenters. The molecular weight excluding hydrogens is 107 g/mol. The van der Waals surface area contributed by atoms with Crippen LogP contribution in [-0.2, 0) is 0 Å². The van der Waals surface area contributed by atoms with Crippen LogP contribution in [0.25, 0.3) is 0 Å². The first-order valence-electron chi connectivity index (χ1n) is 0.978. The van der Waals surface area contributed by atoms with Crippen molar-refractivity contribution in [2.24, 2.45) is 0 Å². The van der Waals surface area contributed by atoms with E-state index in [1.165, 1.54) is 0 Å².